The molecule has 144 valence electrons. The van der Waals surface area contributed by atoms with E-state index in [0.29, 0.717) is 5.02 Å². The molecule has 0 aliphatic heterocycles. The molecule has 7 nitrogen and oxygen atoms in total. The molecule has 2 aromatic carbocycles. The van der Waals surface area contributed by atoms with Crippen molar-refractivity contribution in [2.75, 3.05) is 6.54 Å². The van der Waals surface area contributed by atoms with Gasteiger partial charge in [-0.3, -0.25) is 20.4 Å². The van der Waals surface area contributed by atoms with Gasteiger partial charge in [-0.2, -0.15) is 0 Å². The van der Waals surface area contributed by atoms with Crippen LogP contribution in [0.5, 0.6) is 0 Å². The lowest BCUT2D eigenvalue weighted by Gasteiger charge is -2.09. The summed E-state index contributed by atoms with van der Waals surface area (Å²) in [6, 6.07) is 10.6. The number of hydrogen-bond donors (Lipinski definition) is 3. The minimum Gasteiger partial charge on any atom is -0.273 e. The van der Waals surface area contributed by atoms with E-state index in [2.05, 4.69) is 15.6 Å². The van der Waals surface area contributed by atoms with Crippen LogP contribution in [-0.4, -0.2) is 26.8 Å². The standard InChI is InChI=1S/C17H17ClFN3O4S/c18-13-4-1-3-12(11-13)17(24)22-21-16(23)5-2-10-20-27(25,26)15-8-6-14(19)7-9-15/h1,3-4,6-9,11,20H,2,5,10H2,(H,21,23)(H,22,24). The highest BCUT2D eigenvalue weighted by molar-refractivity contribution is 7.89. The van der Waals surface area contributed by atoms with Gasteiger partial charge in [0.05, 0.1) is 4.90 Å². The van der Waals surface area contributed by atoms with Gasteiger partial charge in [-0.1, -0.05) is 17.7 Å². The zero-order valence-electron chi connectivity index (χ0n) is 14.0. The first-order valence-electron chi connectivity index (χ1n) is 7.88. The van der Waals surface area contributed by atoms with Crippen molar-refractivity contribution < 1.29 is 22.4 Å². The van der Waals surface area contributed by atoms with Gasteiger partial charge in [0.25, 0.3) is 5.91 Å². The maximum absolute atomic E-state index is 12.8. The molecule has 3 N–H and O–H groups in total. The number of carbonyl (C=O) groups is 2. The summed E-state index contributed by atoms with van der Waals surface area (Å²) in [5.41, 5.74) is 4.77. The van der Waals surface area contributed by atoms with Crippen molar-refractivity contribution in [1.82, 2.24) is 15.6 Å². The summed E-state index contributed by atoms with van der Waals surface area (Å²) in [6.07, 6.45) is 0.195. The third-order valence-corrected chi connectivity index (χ3v) is 5.11. The van der Waals surface area contributed by atoms with E-state index in [1.165, 1.54) is 12.1 Å². The summed E-state index contributed by atoms with van der Waals surface area (Å²) in [5, 5.41) is 0.391. The van der Waals surface area contributed by atoms with Crippen molar-refractivity contribution >= 4 is 33.4 Å². The predicted molar refractivity (Wildman–Crippen MR) is 97.9 cm³/mol. The highest BCUT2D eigenvalue weighted by Crippen LogP contribution is 2.10. The van der Waals surface area contributed by atoms with E-state index < -0.39 is 27.7 Å². The lowest BCUT2D eigenvalue weighted by molar-refractivity contribution is -0.121. The number of nitrogens with one attached hydrogen (secondary N) is 3. The number of sulfonamides is 1. The van der Waals surface area contributed by atoms with Crippen molar-refractivity contribution in [3.8, 4) is 0 Å². The Labute approximate surface area is 160 Å². The Morgan fingerprint density at radius 2 is 1.74 bits per heavy atom. The number of rotatable bonds is 7. The van der Waals surface area contributed by atoms with E-state index in [4.69, 9.17) is 11.6 Å². The van der Waals surface area contributed by atoms with Gasteiger partial charge in [-0.05, 0) is 48.9 Å². The van der Waals surface area contributed by atoms with Crippen LogP contribution in [0.2, 0.25) is 5.02 Å². The molecule has 0 spiro atoms. The van der Waals surface area contributed by atoms with Crippen LogP contribution in [0.15, 0.2) is 53.4 Å². The second-order valence-corrected chi connectivity index (χ2v) is 7.67. The fourth-order valence-corrected chi connectivity index (χ4v) is 3.31. The van der Waals surface area contributed by atoms with Crippen molar-refractivity contribution in [3.05, 3.63) is 64.9 Å². The molecule has 10 heteroatoms. The maximum atomic E-state index is 12.8. The first kappa shape index (κ1) is 20.8. The number of halogens is 2. The molecule has 2 aromatic rings. The second kappa shape index (κ2) is 9.45. The molecule has 0 radical (unpaired) electrons. The Morgan fingerprint density at radius 1 is 1.04 bits per heavy atom. The van der Waals surface area contributed by atoms with E-state index in [-0.39, 0.29) is 29.8 Å². The van der Waals surface area contributed by atoms with Crippen molar-refractivity contribution in [1.29, 1.82) is 0 Å². The Hall–Kier alpha value is -2.49. The lowest BCUT2D eigenvalue weighted by atomic mass is 10.2. The molecule has 0 saturated carbocycles. The molecule has 2 amide bonds. The summed E-state index contributed by atoms with van der Waals surface area (Å²) < 4.78 is 39.1. The highest BCUT2D eigenvalue weighted by atomic mass is 35.5. The Morgan fingerprint density at radius 3 is 2.41 bits per heavy atom. The molecular formula is C17H17ClFN3O4S. The van der Waals surface area contributed by atoms with Crippen LogP contribution < -0.4 is 15.6 Å². The van der Waals surface area contributed by atoms with Crippen molar-refractivity contribution in [2.45, 2.75) is 17.7 Å². The van der Waals surface area contributed by atoms with Gasteiger partial charge < -0.3 is 0 Å². The summed E-state index contributed by atoms with van der Waals surface area (Å²) in [4.78, 5) is 23.5. The molecule has 0 aromatic heterocycles. The van der Waals surface area contributed by atoms with Gasteiger partial charge in [0.1, 0.15) is 5.82 Å². The number of hydrazine groups is 1. The molecule has 27 heavy (non-hydrogen) atoms. The minimum atomic E-state index is -3.77. The molecule has 0 aliphatic rings. The minimum absolute atomic E-state index is 0.00930. The van der Waals surface area contributed by atoms with Crippen LogP contribution >= 0.6 is 11.6 Å². The third-order valence-electron chi connectivity index (χ3n) is 3.40. The molecule has 0 aliphatic carbocycles. The normalized spacial score (nSPS) is 11.0. The van der Waals surface area contributed by atoms with Crippen LogP contribution in [-0.2, 0) is 14.8 Å². The van der Waals surface area contributed by atoms with Crippen molar-refractivity contribution in [3.63, 3.8) is 0 Å². The number of amides is 2. The van der Waals surface area contributed by atoms with Gasteiger partial charge in [0.15, 0.2) is 0 Å². The van der Waals surface area contributed by atoms with Gasteiger partial charge in [-0.25, -0.2) is 17.5 Å². The number of benzene rings is 2. The van der Waals surface area contributed by atoms with Crippen LogP contribution in [0.1, 0.15) is 23.2 Å². The van der Waals surface area contributed by atoms with E-state index in [0.717, 1.165) is 24.3 Å². The highest BCUT2D eigenvalue weighted by Gasteiger charge is 2.13. The van der Waals surface area contributed by atoms with Crippen LogP contribution in [0.3, 0.4) is 0 Å². The smallest absolute Gasteiger partial charge is 0.269 e. The topological polar surface area (TPSA) is 104 Å². The van der Waals surface area contributed by atoms with E-state index >= 15 is 0 Å². The second-order valence-electron chi connectivity index (χ2n) is 5.47. The average molecular weight is 414 g/mol. The van der Waals surface area contributed by atoms with E-state index in [1.54, 1.807) is 12.1 Å². The largest absolute Gasteiger partial charge is 0.273 e. The summed E-state index contributed by atoms with van der Waals surface area (Å²) in [5.74, 6) is -1.54. The Balaban J connectivity index is 1.71. The first-order chi connectivity index (χ1) is 12.8. The third kappa shape index (κ3) is 6.63. The monoisotopic (exact) mass is 413 g/mol. The fraction of sp³-hybridized carbons (Fsp3) is 0.176. The van der Waals surface area contributed by atoms with E-state index in [9.17, 15) is 22.4 Å². The van der Waals surface area contributed by atoms with Gasteiger partial charge in [-0.15, -0.1) is 0 Å². The lowest BCUT2D eigenvalue weighted by Crippen LogP contribution is -2.41. The summed E-state index contributed by atoms with van der Waals surface area (Å²) in [7, 11) is -3.77. The SMILES string of the molecule is O=C(CCCNS(=O)(=O)c1ccc(F)cc1)NNC(=O)c1cccc(Cl)c1. The van der Waals surface area contributed by atoms with Crippen molar-refractivity contribution in [2.24, 2.45) is 0 Å². The maximum Gasteiger partial charge on any atom is 0.269 e. The zero-order valence-corrected chi connectivity index (χ0v) is 15.6. The quantitative estimate of drug-likeness (QED) is 0.477. The Kier molecular flexibility index (Phi) is 7.28. The molecule has 0 unspecified atom stereocenters. The Bertz CT molecular complexity index is 920. The summed E-state index contributed by atoms with van der Waals surface area (Å²) in [6.45, 7) is 0.00930. The molecule has 0 heterocycles. The molecule has 2 rings (SSSR count). The molecule has 0 fully saturated rings. The molecule has 0 saturated heterocycles. The van der Waals surface area contributed by atoms with Crippen LogP contribution in [0, 0.1) is 5.82 Å². The molecule has 0 atom stereocenters. The fourth-order valence-electron chi connectivity index (χ4n) is 2.04. The van der Waals surface area contributed by atoms with E-state index in [1.807, 2.05) is 0 Å². The summed E-state index contributed by atoms with van der Waals surface area (Å²) >= 11 is 5.78. The number of carbonyl (C=O) groups excluding carboxylic acids is 2. The van der Waals surface area contributed by atoms with Gasteiger partial charge in [0, 0.05) is 23.6 Å². The zero-order chi connectivity index (χ0) is 19.9. The van der Waals surface area contributed by atoms with Crippen LogP contribution in [0.25, 0.3) is 0 Å². The first-order valence-corrected chi connectivity index (χ1v) is 9.74. The predicted octanol–water partition coefficient (Wildman–Crippen LogP) is 2.00. The van der Waals surface area contributed by atoms with Gasteiger partial charge in [0.2, 0.25) is 15.9 Å². The molecular weight excluding hydrogens is 397 g/mol. The molecule has 0 bridgehead atoms. The number of hydrogen-bond acceptors (Lipinski definition) is 4. The average Bonchev–Trinajstić information content (AvgIpc) is 2.63. The van der Waals surface area contributed by atoms with Crippen LogP contribution in [0.4, 0.5) is 4.39 Å². The van der Waals surface area contributed by atoms with Gasteiger partial charge >= 0.3 is 0 Å².